The molecule has 18 heavy (non-hydrogen) atoms. The van der Waals surface area contributed by atoms with E-state index in [-0.39, 0.29) is 0 Å². The van der Waals surface area contributed by atoms with Crippen LogP contribution in [0.1, 0.15) is 37.5 Å². The quantitative estimate of drug-likeness (QED) is 0.816. The van der Waals surface area contributed by atoms with Crippen molar-refractivity contribution < 1.29 is 9.84 Å². The zero-order chi connectivity index (χ0) is 13.8. The van der Waals surface area contributed by atoms with Gasteiger partial charge >= 0.3 is 0 Å². The molecule has 3 nitrogen and oxygen atoms in total. The summed E-state index contributed by atoms with van der Waals surface area (Å²) in [6.45, 7) is 11.8. The van der Waals surface area contributed by atoms with Crippen LogP contribution in [0.2, 0.25) is 0 Å². The van der Waals surface area contributed by atoms with Gasteiger partial charge in [-0.15, -0.1) is 0 Å². The van der Waals surface area contributed by atoms with Crippen molar-refractivity contribution in [3.05, 3.63) is 28.8 Å². The molecule has 0 unspecified atom stereocenters. The first-order valence-corrected chi connectivity index (χ1v) is 6.49. The van der Waals surface area contributed by atoms with E-state index in [0.717, 1.165) is 17.9 Å². The summed E-state index contributed by atoms with van der Waals surface area (Å²) in [6.07, 6.45) is 0. The number of ether oxygens (including phenoxy) is 1. The summed E-state index contributed by atoms with van der Waals surface area (Å²) in [5.74, 6) is 0.959. The molecule has 0 heterocycles. The number of hydrogen-bond donors (Lipinski definition) is 2. The second kappa shape index (κ2) is 6.21. The van der Waals surface area contributed by atoms with Crippen LogP contribution < -0.4 is 10.1 Å². The summed E-state index contributed by atoms with van der Waals surface area (Å²) in [4.78, 5) is 0. The van der Waals surface area contributed by atoms with Gasteiger partial charge in [-0.3, -0.25) is 0 Å². The van der Waals surface area contributed by atoms with Crippen LogP contribution in [0.25, 0.3) is 0 Å². The highest BCUT2D eigenvalue weighted by atomic mass is 16.5. The van der Waals surface area contributed by atoms with Gasteiger partial charge in [0, 0.05) is 13.1 Å². The predicted octanol–water partition coefficient (Wildman–Crippen LogP) is 2.56. The lowest BCUT2D eigenvalue weighted by atomic mass is 10.0. The third kappa shape index (κ3) is 4.67. The van der Waals surface area contributed by atoms with Crippen molar-refractivity contribution in [2.45, 2.75) is 46.8 Å². The minimum Gasteiger partial charge on any atom is -0.494 e. The molecule has 0 fully saturated rings. The topological polar surface area (TPSA) is 41.5 Å². The Hall–Kier alpha value is -1.06. The standard InChI is InChI=1S/C15H25NO2/c1-6-18-14-8-11(2)13(7-12(14)3)9-16-10-15(4,5)17/h7-8,16-17H,6,9-10H2,1-5H3. The minimum atomic E-state index is -0.672. The lowest BCUT2D eigenvalue weighted by Gasteiger charge is -2.19. The average Bonchev–Trinajstić information content (AvgIpc) is 2.23. The smallest absolute Gasteiger partial charge is 0.122 e. The summed E-state index contributed by atoms with van der Waals surface area (Å²) in [5.41, 5.74) is 2.95. The zero-order valence-corrected chi connectivity index (χ0v) is 12.1. The van der Waals surface area contributed by atoms with E-state index in [4.69, 9.17) is 4.74 Å². The van der Waals surface area contributed by atoms with Gasteiger partial charge in [0.05, 0.1) is 12.2 Å². The van der Waals surface area contributed by atoms with E-state index in [9.17, 15) is 5.11 Å². The van der Waals surface area contributed by atoms with Gasteiger partial charge in [0.25, 0.3) is 0 Å². The molecule has 0 aliphatic heterocycles. The molecule has 1 rings (SSSR count). The molecule has 1 aromatic rings. The summed E-state index contributed by atoms with van der Waals surface area (Å²) in [6, 6.07) is 4.23. The minimum absolute atomic E-state index is 0.582. The third-order valence-electron chi connectivity index (χ3n) is 2.81. The summed E-state index contributed by atoms with van der Waals surface area (Å²) >= 11 is 0. The normalized spacial score (nSPS) is 11.7. The van der Waals surface area contributed by atoms with E-state index >= 15 is 0 Å². The molecule has 0 aliphatic rings. The lowest BCUT2D eigenvalue weighted by molar-refractivity contribution is 0.0795. The first-order chi connectivity index (χ1) is 8.33. The van der Waals surface area contributed by atoms with Crippen molar-refractivity contribution in [3.63, 3.8) is 0 Å². The van der Waals surface area contributed by atoms with Gasteiger partial charge in [0.1, 0.15) is 5.75 Å². The Balaban J connectivity index is 2.70. The number of benzene rings is 1. The second-order valence-corrected chi connectivity index (χ2v) is 5.39. The highest BCUT2D eigenvalue weighted by molar-refractivity contribution is 5.41. The van der Waals surface area contributed by atoms with Gasteiger partial charge in [-0.25, -0.2) is 0 Å². The van der Waals surface area contributed by atoms with E-state index in [1.54, 1.807) is 13.8 Å². The molecule has 3 heteroatoms. The fourth-order valence-corrected chi connectivity index (χ4v) is 1.85. The summed E-state index contributed by atoms with van der Waals surface area (Å²) in [5, 5.41) is 12.9. The van der Waals surface area contributed by atoms with Gasteiger partial charge < -0.3 is 15.2 Å². The number of rotatable bonds is 6. The molecule has 2 N–H and O–H groups in total. The summed E-state index contributed by atoms with van der Waals surface area (Å²) in [7, 11) is 0. The maximum Gasteiger partial charge on any atom is 0.122 e. The highest BCUT2D eigenvalue weighted by Crippen LogP contribution is 2.22. The Bertz CT molecular complexity index is 394. The Morgan fingerprint density at radius 1 is 1.22 bits per heavy atom. The van der Waals surface area contributed by atoms with E-state index < -0.39 is 5.60 Å². The van der Waals surface area contributed by atoms with Crippen molar-refractivity contribution >= 4 is 0 Å². The fourth-order valence-electron chi connectivity index (χ4n) is 1.85. The zero-order valence-electron chi connectivity index (χ0n) is 12.1. The van der Waals surface area contributed by atoms with Crippen LogP contribution in [0, 0.1) is 13.8 Å². The van der Waals surface area contributed by atoms with Gasteiger partial charge in [-0.2, -0.15) is 0 Å². The number of nitrogens with one attached hydrogen (secondary N) is 1. The van der Waals surface area contributed by atoms with Crippen LogP contribution in [0.5, 0.6) is 5.75 Å². The van der Waals surface area contributed by atoms with E-state index in [1.807, 2.05) is 6.92 Å². The molecule has 0 aromatic heterocycles. The summed E-state index contributed by atoms with van der Waals surface area (Å²) < 4.78 is 5.57. The van der Waals surface area contributed by atoms with E-state index in [0.29, 0.717) is 13.2 Å². The second-order valence-electron chi connectivity index (χ2n) is 5.39. The Labute approximate surface area is 110 Å². The van der Waals surface area contributed by atoms with Crippen LogP contribution in [0.3, 0.4) is 0 Å². The highest BCUT2D eigenvalue weighted by Gasteiger charge is 2.12. The first-order valence-electron chi connectivity index (χ1n) is 6.49. The molecule has 0 amide bonds. The molecule has 0 bridgehead atoms. The molecule has 0 saturated carbocycles. The van der Waals surface area contributed by atoms with Crippen LogP contribution in [0.4, 0.5) is 0 Å². The number of hydrogen-bond acceptors (Lipinski definition) is 3. The fraction of sp³-hybridized carbons (Fsp3) is 0.600. The Kier molecular flexibility index (Phi) is 5.17. The molecule has 0 atom stereocenters. The van der Waals surface area contributed by atoms with Gasteiger partial charge in [-0.05, 0) is 57.4 Å². The first kappa shape index (κ1) is 15.0. The van der Waals surface area contributed by atoms with E-state index in [2.05, 4.69) is 31.3 Å². The lowest BCUT2D eigenvalue weighted by Crippen LogP contribution is -2.34. The monoisotopic (exact) mass is 251 g/mol. The van der Waals surface area contributed by atoms with Crippen molar-refractivity contribution in [1.29, 1.82) is 0 Å². The van der Waals surface area contributed by atoms with Crippen molar-refractivity contribution in [3.8, 4) is 5.75 Å². The predicted molar refractivity (Wildman–Crippen MR) is 75.1 cm³/mol. The van der Waals surface area contributed by atoms with Crippen LogP contribution >= 0.6 is 0 Å². The molecule has 0 spiro atoms. The van der Waals surface area contributed by atoms with E-state index in [1.165, 1.54) is 11.1 Å². The van der Waals surface area contributed by atoms with Gasteiger partial charge in [0.2, 0.25) is 0 Å². The molecule has 102 valence electrons. The largest absolute Gasteiger partial charge is 0.494 e. The van der Waals surface area contributed by atoms with Gasteiger partial charge in [0.15, 0.2) is 0 Å². The van der Waals surface area contributed by atoms with Crippen LogP contribution in [-0.2, 0) is 6.54 Å². The molecular formula is C15H25NO2. The number of aliphatic hydroxyl groups is 1. The Morgan fingerprint density at radius 3 is 2.44 bits per heavy atom. The molecule has 1 aromatic carbocycles. The Morgan fingerprint density at radius 2 is 1.89 bits per heavy atom. The van der Waals surface area contributed by atoms with Crippen molar-refractivity contribution in [2.75, 3.05) is 13.2 Å². The van der Waals surface area contributed by atoms with Crippen molar-refractivity contribution in [2.24, 2.45) is 0 Å². The van der Waals surface area contributed by atoms with Crippen LogP contribution in [0.15, 0.2) is 12.1 Å². The maximum atomic E-state index is 9.65. The van der Waals surface area contributed by atoms with Crippen LogP contribution in [-0.4, -0.2) is 23.9 Å². The number of aryl methyl sites for hydroxylation is 2. The SMILES string of the molecule is CCOc1cc(C)c(CNCC(C)(C)O)cc1C. The van der Waals surface area contributed by atoms with Crippen molar-refractivity contribution in [1.82, 2.24) is 5.32 Å². The maximum absolute atomic E-state index is 9.65. The molecule has 0 saturated heterocycles. The average molecular weight is 251 g/mol. The van der Waals surface area contributed by atoms with Gasteiger partial charge in [-0.1, -0.05) is 6.07 Å². The molecular weight excluding hydrogens is 226 g/mol. The molecule has 0 radical (unpaired) electrons. The molecule has 0 aliphatic carbocycles. The third-order valence-corrected chi connectivity index (χ3v) is 2.81.